The highest BCUT2D eigenvalue weighted by Crippen LogP contribution is 2.25. The topological polar surface area (TPSA) is 147 Å². The fourth-order valence-corrected chi connectivity index (χ4v) is 4.97. The second kappa shape index (κ2) is 8.06. The van der Waals surface area contributed by atoms with Gasteiger partial charge in [0.15, 0.2) is 0 Å². The summed E-state index contributed by atoms with van der Waals surface area (Å²) in [6.45, 7) is 1.83. The number of nitrogens with zero attached hydrogens (tertiary/aromatic N) is 2. The van der Waals surface area contributed by atoms with Gasteiger partial charge in [0.2, 0.25) is 5.91 Å². The fraction of sp³-hybridized carbons (Fsp3) is 0.0870. The second-order valence-electron chi connectivity index (χ2n) is 7.58. The van der Waals surface area contributed by atoms with Crippen molar-refractivity contribution >= 4 is 32.7 Å². The molecule has 0 bridgehead atoms. The summed E-state index contributed by atoms with van der Waals surface area (Å²) in [5, 5.41) is 0.588. The molecule has 2 amide bonds. The van der Waals surface area contributed by atoms with Crippen molar-refractivity contribution in [3.63, 3.8) is 0 Å². The van der Waals surface area contributed by atoms with E-state index in [9.17, 15) is 22.8 Å². The minimum absolute atomic E-state index is 0.0355. The molecule has 4 N–H and O–H groups in total. The molecule has 0 aliphatic heterocycles. The maximum Gasteiger partial charge on any atom is 0.268 e. The molecule has 0 fully saturated rings. The number of carbonyl (C=O) groups is 2. The number of pyridine rings is 1. The minimum atomic E-state index is -3.85. The first-order chi connectivity index (χ1) is 15.6. The zero-order valence-corrected chi connectivity index (χ0v) is 18.4. The summed E-state index contributed by atoms with van der Waals surface area (Å²) in [5.41, 5.74) is 11.5. The highest BCUT2D eigenvalue weighted by Gasteiger charge is 2.20. The summed E-state index contributed by atoms with van der Waals surface area (Å²) in [7, 11) is -3.85. The Kier molecular flexibility index (Phi) is 5.38. The third kappa shape index (κ3) is 3.92. The Labute approximate surface area is 188 Å². The lowest BCUT2D eigenvalue weighted by atomic mass is 10.1. The van der Waals surface area contributed by atoms with Gasteiger partial charge in [0.1, 0.15) is 5.56 Å². The van der Waals surface area contributed by atoms with E-state index in [4.69, 9.17) is 11.5 Å². The van der Waals surface area contributed by atoms with Crippen molar-refractivity contribution in [1.29, 1.82) is 0 Å². The predicted octanol–water partition coefficient (Wildman–Crippen LogP) is 1.59. The number of fused-ring (bicyclic) bond motifs is 1. The van der Waals surface area contributed by atoms with Crippen LogP contribution in [0.25, 0.3) is 10.9 Å². The van der Waals surface area contributed by atoms with Crippen molar-refractivity contribution in [2.24, 2.45) is 11.5 Å². The van der Waals surface area contributed by atoms with Crippen molar-refractivity contribution in [3.8, 4) is 0 Å². The number of aromatic nitrogens is 2. The summed E-state index contributed by atoms with van der Waals surface area (Å²) < 4.78 is 28.7. The smallest absolute Gasteiger partial charge is 0.268 e. The van der Waals surface area contributed by atoms with Crippen LogP contribution in [-0.4, -0.2) is 28.8 Å². The van der Waals surface area contributed by atoms with E-state index in [0.717, 1.165) is 16.2 Å². The Morgan fingerprint density at radius 2 is 1.67 bits per heavy atom. The predicted molar refractivity (Wildman–Crippen MR) is 123 cm³/mol. The van der Waals surface area contributed by atoms with Gasteiger partial charge in [0, 0.05) is 17.8 Å². The number of hydrogen-bond donors (Lipinski definition) is 2. The monoisotopic (exact) mass is 464 g/mol. The quantitative estimate of drug-likeness (QED) is 0.445. The molecule has 168 valence electrons. The summed E-state index contributed by atoms with van der Waals surface area (Å²) in [6, 6.07) is 14.3. The highest BCUT2D eigenvalue weighted by molar-refractivity contribution is 7.90. The van der Waals surface area contributed by atoms with E-state index in [0.29, 0.717) is 16.5 Å². The first kappa shape index (κ1) is 22.0. The van der Waals surface area contributed by atoms with Gasteiger partial charge in [-0.1, -0.05) is 29.8 Å². The molecule has 33 heavy (non-hydrogen) atoms. The van der Waals surface area contributed by atoms with Crippen molar-refractivity contribution in [2.45, 2.75) is 18.4 Å². The van der Waals surface area contributed by atoms with Crippen LogP contribution in [0.3, 0.4) is 0 Å². The van der Waals surface area contributed by atoms with Gasteiger partial charge in [-0.15, -0.1) is 0 Å². The molecule has 4 aromatic rings. The van der Waals surface area contributed by atoms with Crippen LogP contribution in [0.15, 0.2) is 76.7 Å². The van der Waals surface area contributed by atoms with Gasteiger partial charge in [0.25, 0.3) is 21.5 Å². The van der Waals surface area contributed by atoms with Crippen molar-refractivity contribution in [3.05, 3.63) is 99.6 Å². The number of hydrogen-bond acceptors (Lipinski definition) is 5. The zero-order chi connectivity index (χ0) is 23.9. The molecule has 4 rings (SSSR count). The minimum Gasteiger partial charge on any atom is -0.366 e. The Balaban J connectivity index is 1.83. The lowest BCUT2D eigenvalue weighted by Crippen LogP contribution is -2.31. The average Bonchev–Trinajstić information content (AvgIpc) is 3.21. The molecule has 9 nitrogen and oxygen atoms in total. The fourth-order valence-electron chi connectivity index (χ4n) is 3.63. The van der Waals surface area contributed by atoms with Crippen LogP contribution in [0, 0.1) is 6.92 Å². The molecule has 0 spiro atoms. The Bertz CT molecular complexity index is 1580. The summed E-state index contributed by atoms with van der Waals surface area (Å²) in [5.74, 6) is -1.80. The van der Waals surface area contributed by atoms with E-state index in [-0.39, 0.29) is 22.6 Å². The molecule has 2 aromatic carbocycles. The van der Waals surface area contributed by atoms with E-state index in [1.54, 1.807) is 48.5 Å². The number of amides is 2. The van der Waals surface area contributed by atoms with Crippen LogP contribution >= 0.6 is 0 Å². The first-order valence-corrected chi connectivity index (χ1v) is 11.3. The molecule has 0 radical (unpaired) electrons. The second-order valence-corrected chi connectivity index (χ2v) is 9.40. The molecule has 0 unspecified atom stereocenters. The van der Waals surface area contributed by atoms with Crippen molar-refractivity contribution in [2.75, 3.05) is 0 Å². The Morgan fingerprint density at radius 1 is 0.970 bits per heavy atom. The molecule has 0 saturated carbocycles. The van der Waals surface area contributed by atoms with Crippen LogP contribution in [0.5, 0.6) is 0 Å². The number of carbonyl (C=O) groups excluding carboxylic acids is 2. The summed E-state index contributed by atoms with van der Waals surface area (Å²) in [4.78, 5) is 36.2. The maximum atomic E-state index is 13.2. The first-order valence-electron chi connectivity index (χ1n) is 9.85. The molecule has 10 heteroatoms. The molecule has 0 atom stereocenters. The Hall–Kier alpha value is -4.18. The molecule has 2 aromatic heterocycles. The van der Waals surface area contributed by atoms with Gasteiger partial charge >= 0.3 is 0 Å². The number of benzene rings is 2. The number of rotatable bonds is 6. The largest absolute Gasteiger partial charge is 0.366 e. The van der Waals surface area contributed by atoms with Crippen LogP contribution in [-0.2, 0) is 16.6 Å². The van der Waals surface area contributed by atoms with Gasteiger partial charge in [-0.05, 0) is 42.8 Å². The molecule has 2 heterocycles. The maximum absolute atomic E-state index is 13.2. The van der Waals surface area contributed by atoms with Crippen LogP contribution < -0.4 is 17.0 Å². The molecular weight excluding hydrogens is 444 g/mol. The SMILES string of the molecule is Cc1ccc(S(=O)(=O)n2ccc3c(Cn4cc(C(N)=O)cc(C(N)=O)c4=O)cccc32)cc1. The number of primary amides is 2. The average molecular weight is 465 g/mol. The number of aryl methyl sites for hydroxylation is 1. The third-order valence-corrected chi connectivity index (χ3v) is 7.05. The number of nitrogens with two attached hydrogens (primary N) is 2. The zero-order valence-electron chi connectivity index (χ0n) is 17.6. The van der Waals surface area contributed by atoms with Gasteiger partial charge in [0.05, 0.1) is 22.5 Å². The normalized spacial score (nSPS) is 11.5. The van der Waals surface area contributed by atoms with Gasteiger partial charge < -0.3 is 16.0 Å². The molecular formula is C23H20N4O5S. The van der Waals surface area contributed by atoms with E-state index in [1.807, 2.05) is 6.92 Å². The van der Waals surface area contributed by atoms with E-state index >= 15 is 0 Å². The van der Waals surface area contributed by atoms with E-state index in [2.05, 4.69) is 0 Å². The molecule has 0 aliphatic rings. The van der Waals surface area contributed by atoms with Gasteiger partial charge in [-0.25, -0.2) is 12.4 Å². The van der Waals surface area contributed by atoms with Crippen LogP contribution in [0.4, 0.5) is 0 Å². The standard InChI is InChI=1S/C23H20N4O5S/c1-14-5-7-17(8-6-14)33(31,32)27-10-9-18-15(3-2-4-20(18)27)12-26-13-16(21(24)28)11-19(22(25)29)23(26)30/h2-11,13H,12H2,1H3,(H2,24,28)(H2,25,29). The lowest BCUT2D eigenvalue weighted by Gasteiger charge is -2.12. The van der Waals surface area contributed by atoms with Gasteiger partial charge in [-0.3, -0.25) is 14.4 Å². The van der Waals surface area contributed by atoms with E-state index in [1.165, 1.54) is 16.4 Å². The highest BCUT2D eigenvalue weighted by atomic mass is 32.2. The van der Waals surface area contributed by atoms with Gasteiger partial charge in [-0.2, -0.15) is 0 Å². The van der Waals surface area contributed by atoms with Crippen molar-refractivity contribution < 1.29 is 18.0 Å². The molecule has 0 saturated heterocycles. The molecule has 0 aliphatic carbocycles. The third-order valence-electron chi connectivity index (χ3n) is 5.34. The van der Waals surface area contributed by atoms with Crippen LogP contribution in [0.2, 0.25) is 0 Å². The summed E-state index contributed by atoms with van der Waals surface area (Å²) in [6.07, 6.45) is 2.69. The van der Waals surface area contributed by atoms with E-state index < -0.39 is 27.4 Å². The lowest BCUT2D eigenvalue weighted by molar-refractivity contribution is 0.0998. The van der Waals surface area contributed by atoms with Crippen LogP contribution in [0.1, 0.15) is 31.8 Å². The Morgan fingerprint density at radius 3 is 2.30 bits per heavy atom. The van der Waals surface area contributed by atoms with Crippen molar-refractivity contribution in [1.82, 2.24) is 8.54 Å². The summed E-state index contributed by atoms with van der Waals surface area (Å²) >= 11 is 0.